The van der Waals surface area contributed by atoms with Crippen LogP contribution in [0.4, 0.5) is 0 Å². The van der Waals surface area contributed by atoms with Gasteiger partial charge in [-0.1, -0.05) is 18.2 Å². The van der Waals surface area contributed by atoms with Crippen molar-refractivity contribution in [3.05, 3.63) is 56.2 Å². The van der Waals surface area contributed by atoms with Crippen LogP contribution in [0.25, 0.3) is 0 Å². The molecule has 0 spiro atoms. The number of carboxylic acids is 1. The van der Waals surface area contributed by atoms with E-state index in [-0.39, 0.29) is 17.9 Å². The summed E-state index contributed by atoms with van der Waals surface area (Å²) < 4.78 is 0.989. The summed E-state index contributed by atoms with van der Waals surface area (Å²) in [5, 5.41) is 13.8. The van der Waals surface area contributed by atoms with E-state index in [1.54, 1.807) is 29.5 Å². The largest absolute Gasteiger partial charge is 0.478 e. The van der Waals surface area contributed by atoms with Crippen molar-refractivity contribution in [2.45, 2.75) is 13.0 Å². The summed E-state index contributed by atoms with van der Waals surface area (Å²) in [5.74, 6) is -1.21. The number of amides is 1. The van der Waals surface area contributed by atoms with Crippen molar-refractivity contribution in [1.29, 1.82) is 0 Å². The lowest BCUT2D eigenvalue weighted by atomic mass is 10.0. The van der Waals surface area contributed by atoms with Crippen LogP contribution in [0.3, 0.4) is 0 Å². The molecule has 0 aliphatic heterocycles. The van der Waals surface area contributed by atoms with Gasteiger partial charge in [-0.05, 0) is 33.6 Å². The predicted molar refractivity (Wildman–Crippen MR) is 81.0 cm³/mol. The van der Waals surface area contributed by atoms with Gasteiger partial charge in [0.05, 0.1) is 18.5 Å². The Morgan fingerprint density at radius 2 is 2.05 bits per heavy atom. The van der Waals surface area contributed by atoms with Crippen LogP contribution in [0.2, 0.25) is 0 Å². The molecule has 0 bridgehead atoms. The number of carboxylic acid groups (broad SMARTS) is 1. The summed E-state index contributed by atoms with van der Waals surface area (Å²) in [6.45, 7) is 0.449. The van der Waals surface area contributed by atoms with Crippen molar-refractivity contribution in [2.75, 3.05) is 0 Å². The lowest BCUT2D eigenvalue weighted by molar-refractivity contribution is -0.120. The number of halogens is 1. The van der Waals surface area contributed by atoms with Crippen LogP contribution in [-0.4, -0.2) is 17.0 Å². The molecule has 0 radical (unpaired) electrons. The Morgan fingerprint density at radius 1 is 1.30 bits per heavy atom. The highest BCUT2D eigenvalue weighted by molar-refractivity contribution is 9.10. The van der Waals surface area contributed by atoms with Crippen LogP contribution in [0.1, 0.15) is 20.8 Å². The number of carbonyl (C=O) groups excluding carboxylic acids is 1. The number of thiophene rings is 1. The molecule has 0 atom stereocenters. The summed E-state index contributed by atoms with van der Waals surface area (Å²) in [6, 6.07) is 8.47. The standard InChI is InChI=1S/C14H12BrNO3S/c15-10-6-11(20-8-10)7-16-13(17)5-9-3-1-2-4-12(9)14(18)19/h1-4,6,8H,5,7H2,(H,16,17)(H,18,19). The fourth-order valence-corrected chi connectivity index (χ4v) is 3.14. The third kappa shape index (κ3) is 3.91. The summed E-state index contributed by atoms with van der Waals surface area (Å²) in [5.41, 5.74) is 0.686. The molecule has 2 N–H and O–H groups in total. The first-order valence-corrected chi connectivity index (χ1v) is 7.54. The van der Waals surface area contributed by atoms with E-state index in [1.165, 1.54) is 6.07 Å². The topological polar surface area (TPSA) is 66.4 Å². The molecule has 0 saturated heterocycles. The van der Waals surface area contributed by atoms with E-state index >= 15 is 0 Å². The first kappa shape index (κ1) is 14.7. The maximum absolute atomic E-state index is 11.9. The average Bonchev–Trinajstić information content (AvgIpc) is 2.83. The highest BCUT2D eigenvalue weighted by atomic mass is 79.9. The number of nitrogens with one attached hydrogen (secondary N) is 1. The van der Waals surface area contributed by atoms with Crippen LogP contribution in [-0.2, 0) is 17.8 Å². The van der Waals surface area contributed by atoms with Crippen LogP contribution in [0, 0.1) is 0 Å². The molecule has 104 valence electrons. The van der Waals surface area contributed by atoms with Gasteiger partial charge in [-0.15, -0.1) is 11.3 Å². The van der Waals surface area contributed by atoms with E-state index in [0.717, 1.165) is 9.35 Å². The maximum atomic E-state index is 11.9. The molecular weight excluding hydrogens is 342 g/mol. The molecule has 2 aromatic rings. The van der Waals surface area contributed by atoms with Gasteiger partial charge in [0.1, 0.15) is 0 Å². The summed E-state index contributed by atoms with van der Waals surface area (Å²) >= 11 is 4.90. The molecule has 1 aromatic carbocycles. The third-order valence-electron chi connectivity index (χ3n) is 2.68. The zero-order valence-electron chi connectivity index (χ0n) is 10.4. The molecule has 0 aliphatic carbocycles. The van der Waals surface area contributed by atoms with Gasteiger partial charge in [0.25, 0.3) is 0 Å². The fraction of sp³-hybridized carbons (Fsp3) is 0.143. The summed E-state index contributed by atoms with van der Waals surface area (Å²) in [4.78, 5) is 23.9. The van der Waals surface area contributed by atoms with Crippen molar-refractivity contribution in [3.8, 4) is 0 Å². The van der Waals surface area contributed by atoms with Gasteiger partial charge in [-0.3, -0.25) is 4.79 Å². The molecule has 4 nitrogen and oxygen atoms in total. The Hall–Kier alpha value is -1.66. The van der Waals surface area contributed by atoms with Crippen LogP contribution < -0.4 is 5.32 Å². The number of hydrogen-bond donors (Lipinski definition) is 2. The van der Waals surface area contributed by atoms with E-state index in [9.17, 15) is 9.59 Å². The number of aromatic carboxylic acids is 1. The average molecular weight is 354 g/mol. The van der Waals surface area contributed by atoms with E-state index in [4.69, 9.17) is 5.11 Å². The minimum atomic E-state index is -1.02. The lowest BCUT2D eigenvalue weighted by Crippen LogP contribution is -2.24. The molecule has 1 aromatic heterocycles. The minimum absolute atomic E-state index is 0.0645. The van der Waals surface area contributed by atoms with E-state index in [2.05, 4.69) is 21.2 Å². The summed E-state index contributed by atoms with van der Waals surface area (Å²) in [6.07, 6.45) is 0.0645. The molecule has 0 fully saturated rings. The van der Waals surface area contributed by atoms with Crippen molar-refractivity contribution >= 4 is 39.1 Å². The molecule has 1 amide bonds. The second-order valence-electron chi connectivity index (χ2n) is 4.15. The van der Waals surface area contributed by atoms with E-state index in [1.807, 2.05) is 11.4 Å². The Bertz CT molecular complexity index is 639. The first-order chi connectivity index (χ1) is 9.56. The van der Waals surface area contributed by atoms with Gasteiger partial charge in [0, 0.05) is 14.7 Å². The predicted octanol–water partition coefficient (Wildman–Crippen LogP) is 3.07. The zero-order chi connectivity index (χ0) is 14.5. The highest BCUT2D eigenvalue weighted by Gasteiger charge is 2.12. The highest BCUT2D eigenvalue weighted by Crippen LogP contribution is 2.19. The van der Waals surface area contributed by atoms with Gasteiger partial charge >= 0.3 is 5.97 Å². The summed E-state index contributed by atoms with van der Waals surface area (Å²) in [7, 11) is 0. The number of carbonyl (C=O) groups is 2. The van der Waals surface area contributed by atoms with Gasteiger partial charge < -0.3 is 10.4 Å². The van der Waals surface area contributed by atoms with Crippen molar-refractivity contribution in [2.24, 2.45) is 0 Å². The third-order valence-corrected chi connectivity index (χ3v) is 4.38. The Balaban J connectivity index is 1.96. The zero-order valence-corrected chi connectivity index (χ0v) is 12.8. The number of rotatable bonds is 5. The van der Waals surface area contributed by atoms with E-state index < -0.39 is 5.97 Å². The molecule has 0 aliphatic rings. The second-order valence-corrected chi connectivity index (χ2v) is 6.06. The monoisotopic (exact) mass is 353 g/mol. The SMILES string of the molecule is O=C(Cc1ccccc1C(=O)O)NCc1cc(Br)cs1. The number of benzene rings is 1. The van der Waals surface area contributed by atoms with E-state index in [0.29, 0.717) is 12.1 Å². The van der Waals surface area contributed by atoms with Crippen molar-refractivity contribution in [3.63, 3.8) is 0 Å². The molecule has 2 rings (SSSR count). The maximum Gasteiger partial charge on any atom is 0.335 e. The van der Waals surface area contributed by atoms with Crippen LogP contribution in [0.5, 0.6) is 0 Å². The molecular formula is C14H12BrNO3S. The number of hydrogen-bond acceptors (Lipinski definition) is 3. The van der Waals surface area contributed by atoms with Crippen LogP contribution >= 0.6 is 27.3 Å². The molecule has 0 unspecified atom stereocenters. The minimum Gasteiger partial charge on any atom is -0.478 e. The van der Waals surface area contributed by atoms with Crippen molar-refractivity contribution in [1.82, 2.24) is 5.32 Å². The normalized spacial score (nSPS) is 10.2. The van der Waals surface area contributed by atoms with Crippen molar-refractivity contribution < 1.29 is 14.7 Å². The lowest BCUT2D eigenvalue weighted by Gasteiger charge is -2.06. The molecule has 1 heterocycles. The fourth-order valence-electron chi connectivity index (χ4n) is 1.75. The van der Waals surface area contributed by atoms with Gasteiger partial charge in [-0.2, -0.15) is 0 Å². The smallest absolute Gasteiger partial charge is 0.335 e. The Kier molecular flexibility index (Phi) is 4.92. The van der Waals surface area contributed by atoms with Crippen LogP contribution in [0.15, 0.2) is 40.2 Å². The Morgan fingerprint density at radius 3 is 2.70 bits per heavy atom. The molecule has 20 heavy (non-hydrogen) atoms. The second kappa shape index (κ2) is 6.67. The first-order valence-electron chi connectivity index (χ1n) is 5.87. The van der Waals surface area contributed by atoms with Gasteiger partial charge in [0.15, 0.2) is 0 Å². The van der Waals surface area contributed by atoms with Gasteiger partial charge in [0.2, 0.25) is 5.91 Å². The molecule has 0 saturated carbocycles. The Labute approximate surface area is 128 Å². The molecule has 6 heteroatoms. The quantitative estimate of drug-likeness (QED) is 0.867. The van der Waals surface area contributed by atoms with Gasteiger partial charge in [-0.25, -0.2) is 4.79 Å².